The van der Waals surface area contributed by atoms with E-state index in [9.17, 15) is 18.4 Å². The molecule has 0 spiro atoms. The Morgan fingerprint density at radius 1 is 1.18 bits per heavy atom. The zero-order valence-electron chi connectivity index (χ0n) is 14.6. The quantitative estimate of drug-likeness (QED) is 0.599. The van der Waals surface area contributed by atoms with Crippen LogP contribution in [-0.2, 0) is 0 Å². The molecule has 0 aliphatic carbocycles. The van der Waals surface area contributed by atoms with Crippen LogP contribution in [0.3, 0.4) is 0 Å². The molecular weight excluding hydrogens is 372 g/mol. The van der Waals surface area contributed by atoms with Gasteiger partial charge in [-0.2, -0.15) is 5.10 Å². The zero-order valence-corrected chi connectivity index (χ0v) is 14.6. The number of carbonyl (C=O) groups is 2. The van der Waals surface area contributed by atoms with Gasteiger partial charge in [-0.1, -0.05) is 12.1 Å². The van der Waals surface area contributed by atoms with Gasteiger partial charge in [-0.05, 0) is 36.8 Å². The summed E-state index contributed by atoms with van der Waals surface area (Å²) in [6.07, 6.45) is 1.20. The van der Waals surface area contributed by atoms with Crippen LogP contribution in [0.4, 0.5) is 8.78 Å². The number of rotatable bonds is 6. The van der Waals surface area contributed by atoms with Crippen LogP contribution in [0.25, 0.3) is 0 Å². The maximum atomic E-state index is 13.7. The molecule has 144 valence electrons. The molecule has 0 fully saturated rings. The molecule has 3 rings (SSSR count). The maximum Gasteiger partial charge on any atom is 0.335 e. The van der Waals surface area contributed by atoms with E-state index in [1.807, 2.05) is 0 Å². The molecule has 0 aliphatic heterocycles. The molecule has 0 unspecified atom stereocenters. The minimum Gasteiger partial charge on any atom is -0.478 e. The normalized spacial score (nSPS) is 11.7. The number of amides is 1. The van der Waals surface area contributed by atoms with Gasteiger partial charge >= 0.3 is 5.97 Å². The number of hydrogen-bond donors (Lipinski definition) is 3. The van der Waals surface area contributed by atoms with Crippen molar-refractivity contribution in [2.24, 2.45) is 0 Å². The van der Waals surface area contributed by atoms with Gasteiger partial charge in [-0.3, -0.25) is 4.79 Å². The van der Waals surface area contributed by atoms with Gasteiger partial charge in [0.05, 0.1) is 17.8 Å². The number of aromatic nitrogens is 2. The average Bonchev–Trinajstić information content (AvgIpc) is 3.13. The van der Waals surface area contributed by atoms with Gasteiger partial charge in [-0.15, -0.1) is 0 Å². The van der Waals surface area contributed by atoms with Crippen molar-refractivity contribution in [2.45, 2.75) is 13.0 Å². The lowest BCUT2D eigenvalue weighted by molar-refractivity contribution is 0.0696. The van der Waals surface area contributed by atoms with Crippen LogP contribution >= 0.6 is 0 Å². The summed E-state index contributed by atoms with van der Waals surface area (Å²) >= 11 is 0. The number of ether oxygens (including phenoxy) is 1. The summed E-state index contributed by atoms with van der Waals surface area (Å²) in [6.45, 7) is 1.71. The number of carboxylic acids is 1. The second-order valence-corrected chi connectivity index (χ2v) is 5.91. The first-order chi connectivity index (χ1) is 13.3. The van der Waals surface area contributed by atoms with Crippen molar-refractivity contribution in [2.75, 3.05) is 0 Å². The van der Waals surface area contributed by atoms with E-state index in [2.05, 4.69) is 15.5 Å². The van der Waals surface area contributed by atoms with Gasteiger partial charge in [-0.25, -0.2) is 18.7 Å². The fraction of sp³-hybridized carbons (Fsp3) is 0.105. The Morgan fingerprint density at radius 2 is 1.89 bits per heavy atom. The second-order valence-electron chi connectivity index (χ2n) is 5.91. The monoisotopic (exact) mass is 387 g/mol. The van der Waals surface area contributed by atoms with Gasteiger partial charge in [0.25, 0.3) is 5.91 Å². The predicted molar refractivity (Wildman–Crippen MR) is 94.3 cm³/mol. The Labute approximate surface area is 158 Å². The Kier molecular flexibility index (Phi) is 5.35. The van der Waals surface area contributed by atoms with Crippen LogP contribution in [0.1, 0.15) is 39.2 Å². The number of halogens is 2. The average molecular weight is 387 g/mol. The van der Waals surface area contributed by atoms with E-state index in [1.54, 1.807) is 19.1 Å². The molecule has 1 atom stereocenters. The largest absolute Gasteiger partial charge is 0.478 e. The van der Waals surface area contributed by atoms with E-state index in [0.717, 1.165) is 18.2 Å². The van der Waals surface area contributed by atoms with E-state index in [0.29, 0.717) is 5.56 Å². The Hall–Kier alpha value is -3.75. The number of nitrogens with zero attached hydrogens (tertiary/aromatic N) is 1. The molecular formula is C19H15F2N3O4. The molecule has 0 saturated heterocycles. The molecule has 0 saturated carbocycles. The van der Waals surface area contributed by atoms with Crippen molar-refractivity contribution in [3.05, 3.63) is 77.0 Å². The van der Waals surface area contributed by atoms with Crippen LogP contribution in [0.2, 0.25) is 0 Å². The van der Waals surface area contributed by atoms with E-state index >= 15 is 0 Å². The fourth-order valence-corrected chi connectivity index (χ4v) is 2.45. The minimum atomic E-state index is -1.05. The topological polar surface area (TPSA) is 104 Å². The number of H-pyrrole nitrogens is 1. The molecule has 3 aromatic rings. The molecule has 0 aliphatic rings. The van der Waals surface area contributed by atoms with Crippen LogP contribution < -0.4 is 10.1 Å². The van der Waals surface area contributed by atoms with Gasteiger partial charge in [0, 0.05) is 6.07 Å². The SMILES string of the molecule is C[C@H](NC(=O)c1cn[nH]c1Oc1cc(F)ccc1F)c1ccc(C(=O)O)cc1. The number of nitrogens with one attached hydrogen (secondary N) is 2. The number of benzene rings is 2. The first-order valence-electron chi connectivity index (χ1n) is 8.15. The molecule has 9 heteroatoms. The number of carboxylic acid groups (broad SMARTS) is 1. The summed E-state index contributed by atoms with van der Waals surface area (Å²) in [6, 6.07) is 8.28. The standard InChI is InChI=1S/C19H15F2N3O4/c1-10(11-2-4-12(5-3-11)19(26)27)23-17(25)14-9-22-24-18(14)28-16-8-13(20)6-7-15(16)21/h2-10H,1H3,(H,22,24)(H,23,25)(H,26,27)/t10-/m0/s1. The lowest BCUT2D eigenvalue weighted by Crippen LogP contribution is -2.26. The summed E-state index contributed by atoms with van der Waals surface area (Å²) in [5.74, 6) is -3.64. The number of aromatic amines is 1. The van der Waals surface area contributed by atoms with E-state index in [-0.39, 0.29) is 17.0 Å². The Bertz CT molecular complexity index is 1020. The minimum absolute atomic E-state index is 0.00216. The van der Waals surface area contributed by atoms with Gasteiger partial charge < -0.3 is 15.2 Å². The molecule has 1 aromatic heterocycles. The molecule has 1 heterocycles. The smallest absolute Gasteiger partial charge is 0.335 e. The maximum absolute atomic E-state index is 13.7. The zero-order chi connectivity index (χ0) is 20.3. The number of aromatic carboxylic acids is 1. The third-order valence-corrected chi connectivity index (χ3v) is 3.96. The summed E-state index contributed by atoms with van der Waals surface area (Å²) in [5.41, 5.74) is 0.808. The van der Waals surface area contributed by atoms with Crippen LogP contribution in [0.15, 0.2) is 48.7 Å². The fourth-order valence-electron chi connectivity index (χ4n) is 2.45. The lowest BCUT2D eigenvalue weighted by Gasteiger charge is -2.14. The third-order valence-electron chi connectivity index (χ3n) is 3.96. The van der Waals surface area contributed by atoms with Crippen LogP contribution in [0.5, 0.6) is 11.6 Å². The molecule has 0 bridgehead atoms. The molecule has 1 amide bonds. The predicted octanol–water partition coefficient (Wildman–Crippen LogP) is 3.67. The molecule has 7 nitrogen and oxygen atoms in total. The highest BCUT2D eigenvalue weighted by molar-refractivity contribution is 5.96. The first kappa shape index (κ1) is 19.0. The summed E-state index contributed by atoms with van der Waals surface area (Å²) in [7, 11) is 0. The van der Waals surface area contributed by atoms with Gasteiger partial charge in [0.15, 0.2) is 11.6 Å². The van der Waals surface area contributed by atoms with Crippen molar-refractivity contribution in [1.29, 1.82) is 0 Å². The highest BCUT2D eigenvalue weighted by atomic mass is 19.1. The van der Waals surface area contributed by atoms with Crippen LogP contribution in [0, 0.1) is 11.6 Å². The van der Waals surface area contributed by atoms with Crippen molar-refractivity contribution >= 4 is 11.9 Å². The highest BCUT2D eigenvalue weighted by Crippen LogP contribution is 2.26. The number of hydrogen-bond acceptors (Lipinski definition) is 4. The second kappa shape index (κ2) is 7.87. The number of carbonyl (C=O) groups excluding carboxylic acids is 1. The third kappa shape index (κ3) is 4.14. The summed E-state index contributed by atoms with van der Waals surface area (Å²) in [5, 5.41) is 17.8. The van der Waals surface area contributed by atoms with Crippen molar-refractivity contribution < 1.29 is 28.2 Å². The Morgan fingerprint density at radius 3 is 2.57 bits per heavy atom. The van der Waals surface area contributed by atoms with Gasteiger partial charge in [0.2, 0.25) is 5.88 Å². The highest BCUT2D eigenvalue weighted by Gasteiger charge is 2.20. The summed E-state index contributed by atoms with van der Waals surface area (Å²) < 4.78 is 32.3. The molecule has 2 aromatic carbocycles. The van der Waals surface area contributed by atoms with Crippen molar-refractivity contribution in [3.63, 3.8) is 0 Å². The van der Waals surface area contributed by atoms with Crippen molar-refractivity contribution in [3.8, 4) is 11.6 Å². The Balaban J connectivity index is 1.74. The van der Waals surface area contributed by atoms with Crippen molar-refractivity contribution in [1.82, 2.24) is 15.5 Å². The lowest BCUT2D eigenvalue weighted by atomic mass is 10.1. The van der Waals surface area contributed by atoms with E-state index < -0.39 is 35.3 Å². The molecule has 0 radical (unpaired) electrons. The summed E-state index contributed by atoms with van der Waals surface area (Å²) in [4.78, 5) is 23.4. The van der Waals surface area contributed by atoms with Crippen LogP contribution in [-0.4, -0.2) is 27.2 Å². The molecule has 28 heavy (non-hydrogen) atoms. The molecule has 3 N–H and O–H groups in total. The van der Waals surface area contributed by atoms with Gasteiger partial charge in [0.1, 0.15) is 11.4 Å². The van der Waals surface area contributed by atoms with E-state index in [1.165, 1.54) is 18.3 Å². The first-order valence-corrected chi connectivity index (χ1v) is 8.15. The van der Waals surface area contributed by atoms with E-state index in [4.69, 9.17) is 9.84 Å².